The van der Waals surface area contributed by atoms with Crippen LogP contribution >= 0.6 is 0 Å². The van der Waals surface area contributed by atoms with E-state index in [1.807, 2.05) is 0 Å². The zero-order valence-electron chi connectivity index (χ0n) is 11.0. The number of benzene rings is 1. The number of hydrogen-bond donors (Lipinski definition) is 0. The molecule has 0 saturated carbocycles. The molecule has 22 heavy (non-hydrogen) atoms. The monoisotopic (exact) mass is 309 g/mol. The highest BCUT2D eigenvalue weighted by molar-refractivity contribution is 5.93. The number of alkyl halides is 2. The maximum Gasteiger partial charge on any atom is 0.415 e. The van der Waals surface area contributed by atoms with Crippen molar-refractivity contribution in [1.82, 2.24) is 9.88 Å². The number of ether oxygens (including phenoxy) is 1. The Balaban J connectivity index is 1.90. The molecule has 0 bridgehead atoms. The number of nitrogens with zero attached hydrogens (tertiary/aromatic N) is 3. The van der Waals surface area contributed by atoms with E-state index in [4.69, 9.17) is 4.74 Å². The van der Waals surface area contributed by atoms with Gasteiger partial charge in [-0.05, 0) is 18.2 Å². The number of hydrogen-bond acceptors (Lipinski definition) is 5. The molecule has 1 aliphatic heterocycles. The van der Waals surface area contributed by atoms with Crippen LogP contribution in [0.2, 0.25) is 0 Å². The van der Waals surface area contributed by atoms with Gasteiger partial charge in [0.15, 0.2) is 5.75 Å². The van der Waals surface area contributed by atoms with E-state index >= 15 is 0 Å². The number of amides is 1. The Morgan fingerprint density at radius 3 is 2.73 bits per heavy atom. The normalized spacial score (nSPS) is 16.2. The average molecular weight is 309 g/mol. The number of rotatable bonds is 2. The summed E-state index contributed by atoms with van der Waals surface area (Å²) in [6.45, 7) is -1.41. The molecule has 3 rings (SSSR count). The standard InChI is InChI=1S/C13H9F2N3O4/c14-13(15)6-17(7-13)12(19)22-10-4-3-9(18(20)21)8-2-1-5-16-11(8)10/h1-5H,6-7H2. The van der Waals surface area contributed by atoms with Gasteiger partial charge in [0.1, 0.15) is 5.52 Å². The molecule has 1 aromatic carbocycles. The van der Waals surface area contributed by atoms with Crippen molar-refractivity contribution in [1.29, 1.82) is 0 Å². The summed E-state index contributed by atoms with van der Waals surface area (Å²) in [4.78, 5) is 26.9. The molecule has 0 aliphatic carbocycles. The Morgan fingerprint density at radius 1 is 1.36 bits per heavy atom. The van der Waals surface area contributed by atoms with Crippen LogP contribution in [-0.4, -0.2) is 39.9 Å². The highest BCUT2D eigenvalue weighted by Gasteiger charge is 2.47. The fourth-order valence-electron chi connectivity index (χ4n) is 2.17. The van der Waals surface area contributed by atoms with Gasteiger partial charge in [0.2, 0.25) is 0 Å². The van der Waals surface area contributed by atoms with Crippen LogP contribution in [0.3, 0.4) is 0 Å². The molecule has 0 spiro atoms. The summed E-state index contributed by atoms with van der Waals surface area (Å²) in [5.74, 6) is -2.91. The summed E-state index contributed by atoms with van der Waals surface area (Å²) in [7, 11) is 0. The zero-order valence-corrected chi connectivity index (χ0v) is 11.0. The van der Waals surface area contributed by atoms with Crippen LogP contribution in [0.1, 0.15) is 0 Å². The van der Waals surface area contributed by atoms with Crippen molar-refractivity contribution in [2.24, 2.45) is 0 Å². The highest BCUT2D eigenvalue weighted by Crippen LogP contribution is 2.33. The van der Waals surface area contributed by atoms with Crippen molar-refractivity contribution in [2.45, 2.75) is 5.92 Å². The van der Waals surface area contributed by atoms with E-state index in [0.29, 0.717) is 0 Å². The molecule has 1 saturated heterocycles. The van der Waals surface area contributed by atoms with Gasteiger partial charge in [-0.1, -0.05) is 0 Å². The first-order chi connectivity index (χ1) is 10.4. The SMILES string of the molecule is O=C(Oc1ccc([N+](=O)[O-])c2cccnc12)N1CC(F)(F)C1. The molecule has 2 heterocycles. The average Bonchev–Trinajstić information content (AvgIpc) is 2.44. The zero-order chi connectivity index (χ0) is 15.9. The minimum atomic E-state index is -2.89. The number of halogens is 2. The van der Waals surface area contributed by atoms with Crippen LogP contribution < -0.4 is 4.74 Å². The Morgan fingerprint density at radius 2 is 2.09 bits per heavy atom. The summed E-state index contributed by atoms with van der Waals surface area (Å²) < 4.78 is 30.5. The van der Waals surface area contributed by atoms with Crippen molar-refractivity contribution >= 4 is 22.7 Å². The Labute approximate surface area is 122 Å². The van der Waals surface area contributed by atoms with Gasteiger partial charge in [0.25, 0.3) is 11.6 Å². The van der Waals surface area contributed by atoms with Gasteiger partial charge < -0.3 is 4.74 Å². The summed E-state index contributed by atoms with van der Waals surface area (Å²) >= 11 is 0. The van der Waals surface area contributed by atoms with Crippen LogP contribution in [0.25, 0.3) is 10.9 Å². The van der Waals surface area contributed by atoms with Gasteiger partial charge in [-0.25, -0.2) is 13.6 Å². The Hall–Kier alpha value is -2.84. The largest absolute Gasteiger partial charge is 0.415 e. The number of non-ortho nitro benzene ring substituents is 1. The Bertz CT molecular complexity index is 773. The maximum absolute atomic E-state index is 12.7. The molecule has 0 atom stereocenters. The van der Waals surface area contributed by atoms with Crippen molar-refractivity contribution < 1.29 is 23.2 Å². The molecule has 2 aromatic rings. The molecule has 0 unspecified atom stereocenters. The molecule has 0 N–H and O–H groups in total. The number of fused-ring (bicyclic) bond motifs is 1. The van der Waals surface area contributed by atoms with E-state index < -0.39 is 30.0 Å². The number of carbonyl (C=O) groups excluding carboxylic acids is 1. The fourth-order valence-corrected chi connectivity index (χ4v) is 2.17. The lowest BCUT2D eigenvalue weighted by atomic mass is 10.1. The van der Waals surface area contributed by atoms with Crippen LogP contribution in [0, 0.1) is 10.1 Å². The predicted molar refractivity (Wildman–Crippen MR) is 70.9 cm³/mol. The van der Waals surface area contributed by atoms with Crippen molar-refractivity contribution in [3.63, 3.8) is 0 Å². The molecular formula is C13H9F2N3O4. The van der Waals surface area contributed by atoms with E-state index in [2.05, 4.69) is 4.98 Å². The second-order valence-corrected chi connectivity index (χ2v) is 4.82. The number of carbonyl (C=O) groups is 1. The van der Waals surface area contributed by atoms with Crippen LogP contribution in [0.4, 0.5) is 19.3 Å². The third-order valence-electron chi connectivity index (χ3n) is 3.21. The molecule has 0 radical (unpaired) electrons. The lowest BCUT2D eigenvalue weighted by Crippen LogP contribution is -2.59. The van der Waals surface area contributed by atoms with Crippen LogP contribution in [0.15, 0.2) is 30.5 Å². The van der Waals surface area contributed by atoms with E-state index in [1.54, 1.807) is 0 Å². The summed E-state index contributed by atoms with van der Waals surface area (Å²) in [5.41, 5.74) is -0.0595. The predicted octanol–water partition coefficient (Wildman–Crippen LogP) is 2.59. The summed E-state index contributed by atoms with van der Waals surface area (Å²) in [5, 5.41) is 11.2. The summed E-state index contributed by atoms with van der Waals surface area (Å²) in [6.07, 6.45) is 0.452. The topological polar surface area (TPSA) is 85.6 Å². The first-order valence-corrected chi connectivity index (χ1v) is 6.24. The number of aromatic nitrogens is 1. The van der Waals surface area contributed by atoms with Gasteiger partial charge in [0, 0.05) is 12.3 Å². The number of nitro groups is 1. The van der Waals surface area contributed by atoms with Crippen LogP contribution in [-0.2, 0) is 0 Å². The van der Waals surface area contributed by atoms with Crippen LogP contribution in [0.5, 0.6) is 5.75 Å². The van der Waals surface area contributed by atoms with Gasteiger partial charge >= 0.3 is 6.09 Å². The molecular weight excluding hydrogens is 300 g/mol. The molecule has 114 valence electrons. The van der Waals surface area contributed by atoms with Crippen molar-refractivity contribution in [3.05, 3.63) is 40.6 Å². The third kappa shape index (κ3) is 2.41. The van der Waals surface area contributed by atoms with Gasteiger partial charge in [-0.2, -0.15) is 0 Å². The van der Waals surface area contributed by atoms with E-state index in [-0.39, 0.29) is 22.3 Å². The first kappa shape index (κ1) is 14.1. The maximum atomic E-state index is 12.7. The highest BCUT2D eigenvalue weighted by atomic mass is 19.3. The molecule has 1 amide bonds. The number of pyridine rings is 1. The van der Waals surface area contributed by atoms with Crippen molar-refractivity contribution in [3.8, 4) is 5.75 Å². The minimum absolute atomic E-state index is 0.0126. The molecule has 1 aliphatic rings. The second-order valence-electron chi connectivity index (χ2n) is 4.82. The van der Waals surface area contributed by atoms with Crippen molar-refractivity contribution in [2.75, 3.05) is 13.1 Å². The third-order valence-corrected chi connectivity index (χ3v) is 3.21. The minimum Gasteiger partial charge on any atom is -0.408 e. The lowest BCUT2D eigenvalue weighted by Gasteiger charge is -2.37. The molecule has 1 aromatic heterocycles. The lowest BCUT2D eigenvalue weighted by molar-refractivity contribution is -0.383. The van der Waals surface area contributed by atoms with Gasteiger partial charge in [-0.15, -0.1) is 0 Å². The van der Waals surface area contributed by atoms with E-state index in [0.717, 1.165) is 4.90 Å². The first-order valence-electron chi connectivity index (χ1n) is 6.24. The molecule has 9 heteroatoms. The van der Waals surface area contributed by atoms with Gasteiger partial charge in [-0.3, -0.25) is 20.0 Å². The Kier molecular flexibility index (Phi) is 3.12. The molecule has 1 fully saturated rings. The quantitative estimate of drug-likeness (QED) is 0.628. The smallest absolute Gasteiger partial charge is 0.408 e. The number of likely N-dealkylation sites (tertiary alicyclic amines) is 1. The van der Waals surface area contributed by atoms with Gasteiger partial charge in [0.05, 0.1) is 23.4 Å². The van der Waals surface area contributed by atoms with E-state index in [1.165, 1.54) is 30.5 Å². The fraction of sp³-hybridized carbons (Fsp3) is 0.231. The number of nitro benzene ring substituents is 1. The molecule has 7 nitrogen and oxygen atoms in total. The second kappa shape index (κ2) is 4.86. The van der Waals surface area contributed by atoms with E-state index in [9.17, 15) is 23.7 Å². The summed E-state index contributed by atoms with van der Waals surface area (Å²) in [6, 6.07) is 5.38.